The van der Waals surface area contributed by atoms with Crippen LogP contribution in [0.3, 0.4) is 0 Å². The van der Waals surface area contributed by atoms with Gasteiger partial charge in [-0.1, -0.05) is 68.4 Å². The fourth-order valence-electron chi connectivity index (χ4n) is 4.84. The molecule has 0 amide bonds. The van der Waals surface area contributed by atoms with Gasteiger partial charge in [-0.25, -0.2) is 0 Å². The average Bonchev–Trinajstić information content (AvgIpc) is 2.87. The van der Waals surface area contributed by atoms with Crippen molar-refractivity contribution < 1.29 is 0 Å². The summed E-state index contributed by atoms with van der Waals surface area (Å²) in [4.78, 5) is 0. The lowest BCUT2D eigenvalue weighted by atomic mass is 9.71. The van der Waals surface area contributed by atoms with Crippen LogP contribution in [0.1, 0.15) is 86.0 Å². The predicted molar refractivity (Wildman–Crippen MR) is 113 cm³/mol. The molecule has 0 aromatic rings. The highest BCUT2D eigenvalue weighted by Crippen LogP contribution is 2.53. The molecule has 0 bridgehead atoms. The molecule has 0 aliphatic heterocycles. The summed E-state index contributed by atoms with van der Waals surface area (Å²) in [7, 11) is 0. The molecule has 0 unspecified atom stereocenters. The Morgan fingerprint density at radius 1 is 1.04 bits per heavy atom. The molecule has 1 saturated carbocycles. The third kappa shape index (κ3) is 5.73. The van der Waals surface area contributed by atoms with Crippen molar-refractivity contribution in [2.75, 3.05) is 0 Å². The highest BCUT2D eigenvalue weighted by atomic mass is 14.5. The minimum absolute atomic E-state index is 0.445. The molecule has 3 atom stereocenters. The van der Waals surface area contributed by atoms with Gasteiger partial charge in [0.1, 0.15) is 0 Å². The summed E-state index contributed by atoms with van der Waals surface area (Å²) in [6.45, 7) is 16.3. The van der Waals surface area contributed by atoms with Crippen molar-refractivity contribution in [3.8, 4) is 0 Å². The van der Waals surface area contributed by atoms with E-state index in [2.05, 4.69) is 65.5 Å². The number of hydrogen-bond acceptors (Lipinski definition) is 0. The second-order valence-corrected chi connectivity index (χ2v) is 9.31. The van der Waals surface area contributed by atoms with E-state index in [1.165, 1.54) is 55.2 Å². The molecule has 0 aromatic carbocycles. The maximum Gasteiger partial charge on any atom is -0.0145 e. The van der Waals surface area contributed by atoms with E-state index in [4.69, 9.17) is 0 Å². The Labute approximate surface area is 157 Å². The fraction of sp³-hybridized carbons (Fsp3) is 0.680. The summed E-state index contributed by atoms with van der Waals surface area (Å²) in [6, 6.07) is 0. The van der Waals surface area contributed by atoms with Crippen LogP contribution >= 0.6 is 0 Å². The number of hydrogen-bond donors (Lipinski definition) is 0. The van der Waals surface area contributed by atoms with Crippen LogP contribution in [-0.4, -0.2) is 0 Å². The summed E-state index contributed by atoms with van der Waals surface area (Å²) in [5, 5.41) is 0. The van der Waals surface area contributed by atoms with Crippen LogP contribution in [-0.2, 0) is 0 Å². The van der Waals surface area contributed by atoms with Gasteiger partial charge in [-0.3, -0.25) is 0 Å². The molecule has 0 saturated heterocycles. The minimum Gasteiger partial charge on any atom is -0.0999 e. The molecule has 0 heteroatoms. The van der Waals surface area contributed by atoms with Gasteiger partial charge in [-0.05, 0) is 88.4 Å². The van der Waals surface area contributed by atoms with Gasteiger partial charge >= 0.3 is 0 Å². The van der Waals surface area contributed by atoms with Gasteiger partial charge < -0.3 is 0 Å². The van der Waals surface area contributed by atoms with Crippen LogP contribution in [0.5, 0.6) is 0 Å². The first-order chi connectivity index (χ1) is 11.8. The topological polar surface area (TPSA) is 0 Å². The van der Waals surface area contributed by atoms with Gasteiger partial charge in [-0.2, -0.15) is 0 Å². The van der Waals surface area contributed by atoms with E-state index in [9.17, 15) is 0 Å². The largest absolute Gasteiger partial charge is 0.0999 e. The Bertz CT molecular complexity index is 542. The maximum atomic E-state index is 4.38. The van der Waals surface area contributed by atoms with Crippen LogP contribution in [0.15, 0.2) is 47.6 Å². The Morgan fingerprint density at radius 3 is 2.48 bits per heavy atom. The molecule has 0 radical (unpaired) electrons. The molecule has 25 heavy (non-hydrogen) atoms. The summed E-state index contributed by atoms with van der Waals surface area (Å²) in [5.41, 5.74) is 4.86. The Hall–Kier alpha value is -1.04. The monoisotopic (exact) mass is 340 g/mol. The smallest absolute Gasteiger partial charge is 0.0145 e. The van der Waals surface area contributed by atoms with E-state index in [1.54, 1.807) is 0 Å². The molecule has 0 heterocycles. The Kier molecular flexibility index (Phi) is 7.35. The molecule has 0 N–H and O–H groups in total. The normalized spacial score (nSPS) is 32.6. The van der Waals surface area contributed by atoms with Gasteiger partial charge in [0, 0.05) is 0 Å². The summed E-state index contributed by atoms with van der Waals surface area (Å²) >= 11 is 0. The summed E-state index contributed by atoms with van der Waals surface area (Å²) < 4.78 is 0. The molecule has 140 valence electrons. The van der Waals surface area contributed by atoms with E-state index in [1.807, 2.05) is 0 Å². The first-order valence-electron chi connectivity index (χ1n) is 10.5. The molecule has 0 spiro atoms. The van der Waals surface area contributed by atoms with Crippen LogP contribution in [0.4, 0.5) is 0 Å². The zero-order chi connectivity index (χ0) is 18.4. The van der Waals surface area contributed by atoms with Crippen molar-refractivity contribution in [3.05, 3.63) is 47.6 Å². The molecule has 2 aliphatic carbocycles. The highest BCUT2D eigenvalue weighted by molar-refractivity contribution is 5.20. The molecular formula is C25H40. The van der Waals surface area contributed by atoms with Crippen molar-refractivity contribution in [2.45, 2.75) is 86.0 Å². The summed E-state index contributed by atoms with van der Waals surface area (Å²) in [6.07, 6.45) is 19.8. The zero-order valence-electron chi connectivity index (χ0n) is 17.4. The van der Waals surface area contributed by atoms with E-state index in [-0.39, 0.29) is 0 Å². The Morgan fingerprint density at radius 2 is 1.76 bits per heavy atom. The van der Waals surface area contributed by atoms with E-state index < -0.39 is 0 Å². The van der Waals surface area contributed by atoms with E-state index >= 15 is 0 Å². The SMILES string of the molecule is C=C1CCC=C(C)CCC=C(C)C=C[C@H]2[C@H](C(C)C)CC[C@]2(C)CC1. The van der Waals surface area contributed by atoms with Gasteiger partial charge in [0.2, 0.25) is 0 Å². The van der Waals surface area contributed by atoms with Crippen LogP contribution in [0.25, 0.3) is 0 Å². The van der Waals surface area contributed by atoms with Gasteiger partial charge in [-0.15, -0.1) is 0 Å². The predicted octanol–water partition coefficient (Wildman–Crippen LogP) is 8.03. The lowest BCUT2D eigenvalue weighted by molar-refractivity contribution is 0.198. The summed E-state index contributed by atoms with van der Waals surface area (Å²) in [5.74, 6) is 2.33. The molecule has 0 nitrogen and oxygen atoms in total. The van der Waals surface area contributed by atoms with E-state index in [0.29, 0.717) is 11.3 Å². The van der Waals surface area contributed by atoms with Gasteiger partial charge in [0.25, 0.3) is 0 Å². The lowest BCUT2D eigenvalue weighted by Gasteiger charge is -2.34. The third-order valence-electron chi connectivity index (χ3n) is 6.78. The van der Waals surface area contributed by atoms with Crippen molar-refractivity contribution in [1.82, 2.24) is 0 Å². The molecule has 1 fully saturated rings. The number of fused-ring (bicyclic) bond motifs is 1. The van der Waals surface area contributed by atoms with Crippen molar-refractivity contribution in [3.63, 3.8) is 0 Å². The third-order valence-corrected chi connectivity index (χ3v) is 6.78. The van der Waals surface area contributed by atoms with E-state index in [0.717, 1.165) is 24.7 Å². The molecular weight excluding hydrogens is 300 g/mol. The van der Waals surface area contributed by atoms with Crippen LogP contribution in [0.2, 0.25) is 0 Å². The van der Waals surface area contributed by atoms with Crippen LogP contribution < -0.4 is 0 Å². The fourth-order valence-corrected chi connectivity index (χ4v) is 4.84. The maximum absolute atomic E-state index is 4.38. The van der Waals surface area contributed by atoms with Gasteiger partial charge in [0.05, 0.1) is 0 Å². The highest BCUT2D eigenvalue weighted by Gasteiger charge is 2.44. The van der Waals surface area contributed by atoms with Gasteiger partial charge in [0.15, 0.2) is 0 Å². The Balaban J connectivity index is 2.24. The minimum atomic E-state index is 0.445. The molecule has 2 aliphatic rings. The van der Waals surface area contributed by atoms with Crippen LogP contribution in [0, 0.1) is 23.2 Å². The first-order valence-corrected chi connectivity index (χ1v) is 10.5. The zero-order valence-corrected chi connectivity index (χ0v) is 17.4. The quantitative estimate of drug-likeness (QED) is 0.424. The molecule has 0 aromatic heterocycles. The second-order valence-electron chi connectivity index (χ2n) is 9.31. The van der Waals surface area contributed by atoms with Crippen molar-refractivity contribution in [1.29, 1.82) is 0 Å². The lowest BCUT2D eigenvalue weighted by Crippen LogP contribution is -2.26. The number of rotatable bonds is 1. The second kappa shape index (κ2) is 9.06. The first kappa shape index (κ1) is 20.3. The number of allylic oxidation sites excluding steroid dienone is 7. The van der Waals surface area contributed by atoms with Crippen molar-refractivity contribution >= 4 is 0 Å². The standard InChI is InChI=1S/C25H40/c1-19(2)23-16-18-25(6)17-15-22(5)12-8-10-20(3)9-7-11-21(4)13-14-24(23)25/h10-11,13-14,19,23-24H,5,7-9,12,15-18H2,1-4,6H3/t23-,24-,25-/m0/s1. The molecule has 2 rings (SSSR count). The average molecular weight is 341 g/mol. The van der Waals surface area contributed by atoms with Crippen molar-refractivity contribution in [2.24, 2.45) is 23.2 Å².